The zero-order valence-electron chi connectivity index (χ0n) is 18.7. The molecule has 33 heavy (non-hydrogen) atoms. The lowest BCUT2D eigenvalue weighted by Crippen LogP contribution is -2.39. The molecule has 4 rings (SSSR count). The summed E-state index contributed by atoms with van der Waals surface area (Å²) < 4.78 is 5.05. The van der Waals surface area contributed by atoms with E-state index in [0.717, 1.165) is 48.3 Å². The van der Waals surface area contributed by atoms with Gasteiger partial charge < -0.3 is 20.2 Å². The highest BCUT2D eigenvalue weighted by atomic mass is 16.5. The molecular weight excluding hydrogens is 418 g/mol. The van der Waals surface area contributed by atoms with Crippen molar-refractivity contribution in [3.63, 3.8) is 0 Å². The molecule has 2 aromatic carbocycles. The summed E-state index contributed by atoms with van der Waals surface area (Å²) in [6, 6.07) is 15.8. The molecular formula is C25H29N5O3. The molecule has 1 aliphatic rings. The van der Waals surface area contributed by atoms with Gasteiger partial charge in [0, 0.05) is 49.3 Å². The van der Waals surface area contributed by atoms with Crippen LogP contribution in [0, 0.1) is 0 Å². The number of carbonyl (C=O) groups excluding carboxylic acids is 1. The van der Waals surface area contributed by atoms with E-state index in [1.807, 2.05) is 60.9 Å². The lowest BCUT2D eigenvalue weighted by atomic mass is 10.0. The van der Waals surface area contributed by atoms with Gasteiger partial charge in [0.1, 0.15) is 0 Å². The van der Waals surface area contributed by atoms with Gasteiger partial charge in [0.25, 0.3) is 0 Å². The number of aromatic nitrogens is 2. The van der Waals surface area contributed by atoms with Crippen LogP contribution in [0.15, 0.2) is 60.9 Å². The molecule has 1 saturated heterocycles. The number of anilines is 2. The Morgan fingerprint density at radius 3 is 2.48 bits per heavy atom. The van der Waals surface area contributed by atoms with E-state index in [-0.39, 0.29) is 5.97 Å². The molecule has 0 amide bonds. The minimum absolute atomic E-state index is 0.284. The quantitative estimate of drug-likeness (QED) is 0.353. The Morgan fingerprint density at radius 1 is 1.09 bits per heavy atom. The van der Waals surface area contributed by atoms with Crippen LogP contribution in [-0.2, 0) is 11.3 Å². The molecule has 8 nitrogen and oxygen atoms in total. The van der Waals surface area contributed by atoms with Gasteiger partial charge >= 0.3 is 5.97 Å². The Labute approximate surface area is 193 Å². The molecule has 0 aliphatic carbocycles. The second-order valence-electron chi connectivity index (χ2n) is 8.00. The number of ether oxygens (including phenoxy) is 1. The van der Waals surface area contributed by atoms with Crippen molar-refractivity contribution in [3.8, 4) is 11.1 Å². The number of piperidine rings is 1. The Hall–Kier alpha value is -3.49. The van der Waals surface area contributed by atoms with Gasteiger partial charge in [0.2, 0.25) is 5.95 Å². The molecule has 8 heteroatoms. The Kier molecular flexibility index (Phi) is 7.49. The zero-order chi connectivity index (χ0) is 23.0. The van der Waals surface area contributed by atoms with Crippen LogP contribution in [-0.4, -0.2) is 46.9 Å². The summed E-state index contributed by atoms with van der Waals surface area (Å²) in [6.45, 7) is 4.41. The second-order valence-corrected chi connectivity index (χ2v) is 8.00. The lowest BCUT2D eigenvalue weighted by Gasteiger charge is -2.34. The van der Waals surface area contributed by atoms with Crippen molar-refractivity contribution >= 4 is 17.6 Å². The van der Waals surface area contributed by atoms with Crippen molar-refractivity contribution in [2.24, 2.45) is 0 Å². The average Bonchev–Trinajstić information content (AvgIpc) is 2.86. The molecule has 0 bridgehead atoms. The van der Waals surface area contributed by atoms with E-state index < -0.39 is 0 Å². The van der Waals surface area contributed by atoms with E-state index in [1.54, 1.807) is 6.92 Å². The third kappa shape index (κ3) is 5.85. The first-order valence-electron chi connectivity index (χ1n) is 11.2. The maximum absolute atomic E-state index is 11.8. The van der Waals surface area contributed by atoms with E-state index in [4.69, 9.17) is 9.94 Å². The molecule has 0 saturated carbocycles. The van der Waals surface area contributed by atoms with Crippen LogP contribution in [0.4, 0.5) is 11.6 Å². The van der Waals surface area contributed by atoms with Crippen LogP contribution in [0.3, 0.4) is 0 Å². The summed E-state index contributed by atoms with van der Waals surface area (Å²) in [5.41, 5.74) is 6.80. The number of esters is 1. The fourth-order valence-corrected chi connectivity index (χ4v) is 3.99. The van der Waals surface area contributed by atoms with E-state index in [2.05, 4.69) is 25.7 Å². The van der Waals surface area contributed by atoms with E-state index in [1.165, 1.54) is 0 Å². The van der Waals surface area contributed by atoms with Gasteiger partial charge in [-0.15, -0.1) is 0 Å². The van der Waals surface area contributed by atoms with Crippen LogP contribution in [0.25, 0.3) is 11.1 Å². The number of hydrogen-bond donors (Lipinski definition) is 3. The van der Waals surface area contributed by atoms with E-state index in [9.17, 15) is 4.79 Å². The molecule has 1 fully saturated rings. The van der Waals surface area contributed by atoms with E-state index in [0.29, 0.717) is 30.7 Å². The number of nitrogens with one attached hydrogen (secondary N) is 2. The third-order valence-electron chi connectivity index (χ3n) is 5.77. The molecule has 0 unspecified atom stereocenters. The second kappa shape index (κ2) is 10.9. The highest BCUT2D eigenvalue weighted by Gasteiger charge is 2.20. The maximum Gasteiger partial charge on any atom is 0.338 e. The summed E-state index contributed by atoms with van der Waals surface area (Å²) >= 11 is 0. The first-order chi connectivity index (χ1) is 16.2. The monoisotopic (exact) mass is 447 g/mol. The summed E-state index contributed by atoms with van der Waals surface area (Å²) in [7, 11) is 0. The molecule has 1 aliphatic heterocycles. The molecule has 3 N–H and O–H groups in total. The molecule has 3 aromatic rings. The summed E-state index contributed by atoms with van der Waals surface area (Å²) in [4.78, 5) is 23.1. The predicted molar refractivity (Wildman–Crippen MR) is 127 cm³/mol. The largest absolute Gasteiger partial charge is 0.462 e. The van der Waals surface area contributed by atoms with Crippen LogP contribution in [0.2, 0.25) is 0 Å². The summed E-state index contributed by atoms with van der Waals surface area (Å²) in [6.07, 6.45) is 5.59. The fourth-order valence-electron chi connectivity index (χ4n) is 3.99. The molecule has 1 aromatic heterocycles. The van der Waals surface area contributed by atoms with Crippen molar-refractivity contribution in [1.82, 2.24) is 15.4 Å². The number of rotatable bonds is 8. The van der Waals surface area contributed by atoms with Gasteiger partial charge in [-0.05, 0) is 61.2 Å². The van der Waals surface area contributed by atoms with Crippen LogP contribution < -0.4 is 15.7 Å². The predicted octanol–water partition coefficient (Wildman–Crippen LogP) is 3.88. The number of nitrogens with zero attached hydrogens (tertiary/aromatic N) is 3. The third-order valence-corrected chi connectivity index (χ3v) is 5.77. The first kappa shape index (κ1) is 22.7. The van der Waals surface area contributed by atoms with Gasteiger partial charge in [0.15, 0.2) is 0 Å². The highest BCUT2D eigenvalue weighted by Crippen LogP contribution is 2.23. The smallest absolute Gasteiger partial charge is 0.338 e. The number of hydroxylamine groups is 1. The Morgan fingerprint density at radius 2 is 1.82 bits per heavy atom. The average molecular weight is 448 g/mol. The van der Waals surface area contributed by atoms with E-state index >= 15 is 0 Å². The van der Waals surface area contributed by atoms with Crippen LogP contribution in [0.1, 0.15) is 35.7 Å². The minimum atomic E-state index is -0.284. The molecule has 0 atom stereocenters. The lowest BCUT2D eigenvalue weighted by molar-refractivity contribution is 0.0526. The topological polar surface area (TPSA) is 99.6 Å². The number of benzene rings is 2. The summed E-state index contributed by atoms with van der Waals surface area (Å²) in [5, 5.41) is 12.3. The SMILES string of the molecule is CCOC(=O)c1ccc(N2CCC(Nc3ncc(-c4cccc(CNO)c4)cn3)CC2)cc1. The first-order valence-corrected chi connectivity index (χ1v) is 11.2. The Balaban J connectivity index is 1.30. The van der Waals surface area contributed by atoms with Gasteiger partial charge in [0.05, 0.1) is 12.2 Å². The zero-order valence-corrected chi connectivity index (χ0v) is 18.7. The normalized spacial score (nSPS) is 14.2. The number of hydrogen-bond acceptors (Lipinski definition) is 8. The summed E-state index contributed by atoms with van der Waals surface area (Å²) in [5.74, 6) is 0.344. The van der Waals surface area contributed by atoms with Crippen LogP contribution in [0.5, 0.6) is 0 Å². The van der Waals surface area contributed by atoms with Crippen LogP contribution >= 0.6 is 0 Å². The van der Waals surface area contributed by atoms with Gasteiger partial charge in [-0.25, -0.2) is 20.2 Å². The Bertz CT molecular complexity index is 1050. The number of carbonyl (C=O) groups is 1. The molecule has 2 heterocycles. The minimum Gasteiger partial charge on any atom is -0.462 e. The molecule has 0 radical (unpaired) electrons. The van der Waals surface area contributed by atoms with Crippen molar-refractivity contribution < 1.29 is 14.7 Å². The maximum atomic E-state index is 11.8. The fraction of sp³-hybridized carbons (Fsp3) is 0.320. The molecule has 172 valence electrons. The standard InChI is InChI=1S/C25H29N5O3/c1-2-33-24(31)19-6-8-23(9-7-19)30-12-10-22(11-13-30)29-25-26-16-21(17-27-25)20-5-3-4-18(14-20)15-28-32/h3-9,14,16-17,22,28,32H,2,10-13,15H2,1H3,(H,26,27,29). The van der Waals surface area contributed by atoms with Crippen molar-refractivity contribution in [2.45, 2.75) is 32.4 Å². The highest BCUT2D eigenvalue weighted by molar-refractivity contribution is 5.89. The van der Waals surface area contributed by atoms with Crippen molar-refractivity contribution in [2.75, 3.05) is 29.9 Å². The van der Waals surface area contributed by atoms with Gasteiger partial charge in [-0.2, -0.15) is 0 Å². The molecule has 0 spiro atoms. The van der Waals surface area contributed by atoms with Crippen molar-refractivity contribution in [3.05, 3.63) is 72.1 Å². The van der Waals surface area contributed by atoms with Gasteiger partial charge in [-0.3, -0.25) is 0 Å². The van der Waals surface area contributed by atoms with Crippen molar-refractivity contribution in [1.29, 1.82) is 0 Å². The van der Waals surface area contributed by atoms with Gasteiger partial charge in [-0.1, -0.05) is 18.2 Å².